The third-order valence-corrected chi connectivity index (χ3v) is 5.15. The molecule has 2 N–H and O–H groups in total. The summed E-state index contributed by atoms with van der Waals surface area (Å²) in [6.07, 6.45) is 3.03. The normalized spacial score (nSPS) is 11.0. The van der Waals surface area contributed by atoms with Gasteiger partial charge in [0.25, 0.3) is 11.8 Å². The molecule has 0 unspecified atom stereocenters. The number of rotatable bonds is 8. The molecule has 0 spiro atoms. The highest BCUT2D eigenvalue weighted by Gasteiger charge is 2.13. The highest BCUT2D eigenvalue weighted by atomic mass is 32.1. The lowest BCUT2D eigenvalue weighted by atomic mass is 10.0. The van der Waals surface area contributed by atoms with Crippen LogP contribution in [0.15, 0.2) is 65.7 Å². The first-order valence-corrected chi connectivity index (χ1v) is 10.8. The zero-order chi connectivity index (χ0) is 22.9. The summed E-state index contributed by atoms with van der Waals surface area (Å²) in [4.78, 5) is 28.6. The van der Waals surface area contributed by atoms with Gasteiger partial charge in [0.05, 0.1) is 0 Å². The van der Waals surface area contributed by atoms with Crippen LogP contribution >= 0.6 is 11.3 Å². The fourth-order valence-electron chi connectivity index (χ4n) is 2.77. The number of carbonyl (C=O) groups excluding carboxylic acids is 2. The summed E-state index contributed by atoms with van der Waals surface area (Å²) in [5.74, 6) is -0.124. The minimum absolute atomic E-state index is 0.0822. The zero-order valence-corrected chi connectivity index (χ0v) is 18.5. The van der Waals surface area contributed by atoms with Gasteiger partial charge < -0.3 is 10.1 Å². The average Bonchev–Trinajstić information content (AvgIpc) is 3.30. The number of thiazole rings is 1. The fourth-order valence-corrected chi connectivity index (χ4v) is 3.31. The average molecular weight is 447 g/mol. The van der Waals surface area contributed by atoms with Gasteiger partial charge in [-0.15, -0.1) is 11.3 Å². The van der Waals surface area contributed by atoms with Crippen LogP contribution in [-0.2, 0) is 9.59 Å². The van der Waals surface area contributed by atoms with Crippen molar-refractivity contribution >= 4 is 40.0 Å². The number of hydrogen-bond donors (Lipinski definition) is 2. The lowest BCUT2D eigenvalue weighted by molar-refractivity contribution is -0.118. The van der Waals surface area contributed by atoms with E-state index in [-0.39, 0.29) is 18.1 Å². The quantitative estimate of drug-likeness (QED) is 0.381. The van der Waals surface area contributed by atoms with Gasteiger partial charge in [-0.3, -0.25) is 14.9 Å². The number of hydrogen-bond acceptors (Lipinski definition) is 6. The predicted octanol–water partition coefficient (Wildman–Crippen LogP) is 4.83. The molecule has 0 aliphatic heterocycles. The number of para-hydroxylation sites is 1. The molecule has 162 valence electrons. The van der Waals surface area contributed by atoms with Crippen molar-refractivity contribution in [2.24, 2.45) is 0 Å². The summed E-state index contributed by atoms with van der Waals surface area (Å²) in [5, 5.41) is 17.1. The van der Waals surface area contributed by atoms with Crippen LogP contribution in [0.2, 0.25) is 0 Å². The van der Waals surface area contributed by atoms with E-state index in [9.17, 15) is 14.9 Å². The molecule has 3 aromatic rings. The minimum atomic E-state index is -0.527. The molecule has 0 aliphatic carbocycles. The minimum Gasteiger partial charge on any atom is -0.483 e. The molecule has 1 aromatic heterocycles. The van der Waals surface area contributed by atoms with Crippen LogP contribution in [0.4, 0.5) is 10.8 Å². The van der Waals surface area contributed by atoms with Crippen LogP contribution in [0.1, 0.15) is 30.9 Å². The molecule has 2 aromatic carbocycles. The number of nitriles is 1. The van der Waals surface area contributed by atoms with Gasteiger partial charge in [0.2, 0.25) is 0 Å². The van der Waals surface area contributed by atoms with E-state index in [1.54, 1.807) is 48.0 Å². The third kappa shape index (κ3) is 6.27. The van der Waals surface area contributed by atoms with Gasteiger partial charge in [0, 0.05) is 22.8 Å². The second-order valence-electron chi connectivity index (χ2n) is 7.11. The van der Waals surface area contributed by atoms with Gasteiger partial charge in [-0.1, -0.05) is 44.2 Å². The van der Waals surface area contributed by atoms with Crippen molar-refractivity contribution in [2.45, 2.75) is 19.8 Å². The lowest BCUT2D eigenvalue weighted by Gasteiger charge is -2.10. The Hall–Kier alpha value is -3.96. The Bertz CT molecular complexity index is 1150. The number of carbonyl (C=O) groups is 2. The highest BCUT2D eigenvalue weighted by molar-refractivity contribution is 7.13. The molecule has 0 fully saturated rings. The van der Waals surface area contributed by atoms with Crippen LogP contribution in [-0.4, -0.2) is 23.4 Å². The molecule has 0 radical (unpaired) electrons. The van der Waals surface area contributed by atoms with Crippen molar-refractivity contribution in [3.8, 4) is 11.8 Å². The monoisotopic (exact) mass is 446 g/mol. The largest absolute Gasteiger partial charge is 0.483 e. The molecular weight excluding hydrogens is 424 g/mol. The maximum atomic E-state index is 12.6. The third-order valence-electron chi connectivity index (χ3n) is 4.46. The van der Waals surface area contributed by atoms with E-state index in [4.69, 9.17) is 4.74 Å². The van der Waals surface area contributed by atoms with E-state index in [0.717, 1.165) is 5.56 Å². The molecule has 2 amide bonds. The van der Waals surface area contributed by atoms with Crippen molar-refractivity contribution in [3.63, 3.8) is 0 Å². The summed E-state index contributed by atoms with van der Waals surface area (Å²) in [7, 11) is 0. The molecular formula is C24H22N4O3S. The second kappa shape index (κ2) is 10.9. The summed E-state index contributed by atoms with van der Waals surface area (Å²) in [5.41, 5.74) is 2.19. The number of benzene rings is 2. The molecule has 0 aliphatic rings. The van der Waals surface area contributed by atoms with Crippen LogP contribution in [0.25, 0.3) is 6.08 Å². The van der Waals surface area contributed by atoms with E-state index in [1.165, 1.54) is 17.4 Å². The maximum Gasteiger partial charge on any atom is 0.266 e. The molecule has 0 saturated heterocycles. The summed E-state index contributed by atoms with van der Waals surface area (Å²) < 4.78 is 5.61. The number of aromatic nitrogens is 1. The Morgan fingerprint density at radius 2 is 1.91 bits per heavy atom. The highest BCUT2D eigenvalue weighted by Crippen LogP contribution is 2.22. The smallest absolute Gasteiger partial charge is 0.266 e. The molecule has 1 heterocycles. The van der Waals surface area contributed by atoms with Crippen LogP contribution in [0.5, 0.6) is 5.75 Å². The van der Waals surface area contributed by atoms with E-state index < -0.39 is 5.91 Å². The van der Waals surface area contributed by atoms with Gasteiger partial charge in [-0.25, -0.2) is 4.98 Å². The van der Waals surface area contributed by atoms with Gasteiger partial charge >= 0.3 is 0 Å². The topological polar surface area (TPSA) is 104 Å². The van der Waals surface area contributed by atoms with E-state index >= 15 is 0 Å². The SMILES string of the molecule is CC(C)c1ccc(NC(=O)C(C#N)=Cc2ccccc2OCC(=O)Nc2nccs2)cc1. The zero-order valence-electron chi connectivity index (χ0n) is 17.7. The molecule has 8 heteroatoms. The first kappa shape index (κ1) is 22.7. The number of ether oxygens (including phenoxy) is 1. The summed E-state index contributed by atoms with van der Waals surface area (Å²) in [6.45, 7) is 3.94. The molecule has 32 heavy (non-hydrogen) atoms. The molecule has 3 rings (SSSR count). The van der Waals surface area contributed by atoms with Gasteiger partial charge in [-0.2, -0.15) is 5.26 Å². The second-order valence-corrected chi connectivity index (χ2v) is 8.01. The van der Waals surface area contributed by atoms with Crippen LogP contribution in [0.3, 0.4) is 0 Å². The molecule has 0 saturated carbocycles. The van der Waals surface area contributed by atoms with E-state index in [2.05, 4.69) is 29.5 Å². The first-order valence-electron chi connectivity index (χ1n) is 9.90. The Kier molecular flexibility index (Phi) is 7.73. The molecule has 0 atom stereocenters. The van der Waals surface area contributed by atoms with Crippen molar-refractivity contribution in [3.05, 3.63) is 76.8 Å². The standard InChI is InChI=1S/C24H22N4O3S/c1-16(2)17-7-9-20(10-8-17)27-23(30)19(14-25)13-18-5-3-4-6-21(18)31-15-22(29)28-24-26-11-12-32-24/h3-13,16H,15H2,1-2H3,(H,27,30)(H,26,28,29). The summed E-state index contributed by atoms with van der Waals surface area (Å²) >= 11 is 1.30. The number of nitrogens with one attached hydrogen (secondary N) is 2. The predicted molar refractivity (Wildman–Crippen MR) is 125 cm³/mol. The Morgan fingerprint density at radius 1 is 1.16 bits per heavy atom. The molecule has 7 nitrogen and oxygen atoms in total. The number of amides is 2. The van der Waals surface area contributed by atoms with E-state index in [0.29, 0.717) is 28.0 Å². The fraction of sp³-hybridized carbons (Fsp3) is 0.167. The lowest BCUT2D eigenvalue weighted by Crippen LogP contribution is -2.20. The summed E-state index contributed by atoms with van der Waals surface area (Å²) in [6, 6.07) is 16.3. The van der Waals surface area contributed by atoms with E-state index in [1.807, 2.05) is 18.2 Å². The number of nitrogens with zero attached hydrogens (tertiary/aromatic N) is 2. The molecule has 0 bridgehead atoms. The Morgan fingerprint density at radius 3 is 2.56 bits per heavy atom. The Balaban J connectivity index is 1.69. The maximum absolute atomic E-state index is 12.6. The Labute approximate surface area is 190 Å². The van der Waals surface area contributed by atoms with Gasteiger partial charge in [0.1, 0.15) is 17.4 Å². The van der Waals surface area contributed by atoms with Crippen molar-refractivity contribution in [1.82, 2.24) is 4.98 Å². The number of anilines is 2. The van der Waals surface area contributed by atoms with Crippen LogP contribution in [0, 0.1) is 11.3 Å². The van der Waals surface area contributed by atoms with Crippen molar-refractivity contribution in [1.29, 1.82) is 5.26 Å². The van der Waals surface area contributed by atoms with Crippen molar-refractivity contribution < 1.29 is 14.3 Å². The van der Waals surface area contributed by atoms with Gasteiger partial charge in [-0.05, 0) is 35.8 Å². The van der Waals surface area contributed by atoms with Crippen LogP contribution < -0.4 is 15.4 Å². The first-order chi connectivity index (χ1) is 15.5. The van der Waals surface area contributed by atoms with Gasteiger partial charge in [0.15, 0.2) is 11.7 Å². The van der Waals surface area contributed by atoms with Crippen molar-refractivity contribution in [2.75, 3.05) is 17.2 Å².